The monoisotopic (exact) mass is 309 g/mol. The van der Waals surface area contributed by atoms with Gasteiger partial charge in [0.2, 0.25) is 0 Å². The number of ether oxygens (including phenoxy) is 2. The molecule has 0 heterocycles. The molecule has 2 N–H and O–H groups in total. The highest BCUT2D eigenvalue weighted by atomic mass is 16.5. The lowest BCUT2D eigenvalue weighted by molar-refractivity contribution is -0.140. The number of carboxylic acid groups (broad SMARTS) is 1. The minimum absolute atomic E-state index is 0.0241. The molecule has 0 spiro atoms. The van der Waals surface area contributed by atoms with Crippen LogP contribution < -0.4 is 14.8 Å². The van der Waals surface area contributed by atoms with E-state index in [0.717, 1.165) is 24.2 Å². The van der Waals surface area contributed by atoms with Gasteiger partial charge in [0, 0.05) is 6.54 Å². The molecule has 5 heteroatoms. The van der Waals surface area contributed by atoms with Crippen molar-refractivity contribution in [1.82, 2.24) is 5.32 Å². The Balaban J connectivity index is 2.70. The summed E-state index contributed by atoms with van der Waals surface area (Å²) in [7, 11) is 1.60. The van der Waals surface area contributed by atoms with Crippen LogP contribution in [0.4, 0.5) is 0 Å². The molecule has 0 aliphatic rings. The molecule has 0 aromatic heterocycles. The standard InChI is InChI=1S/C17H27NO4/c1-5-6-9-22-14-8-7-13(10-15(14)21-4)11-18-16(12(2)3)17(19)20/h7-8,10,12,16,18H,5-6,9,11H2,1-4H3,(H,19,20)/t16-/m1/s1. The van der Waals surface area contributed by atoms with Gasteiger partial charge in [0.05, 0.1) is 13.7 Å². The molecule has 0 unspecified atom stereocenters. The van der Waals surface area contributed by atoms with Gasteiger partial charge in [-0.2, -0.15) is 0 Å². The number of methoxy groups -OCH3 is 1. The summed E-state index contributed by atoms with van der Waals surface area (Å²) in [6, 6.07) is 5.12. The Labute approximate surface area is 132 Å². The largest absolute Gasteiger partial charge is 0.493 e. The quantitative estimate of drug-likeness (QED) is 0.650. The van der Waals surface area contributed by atoms with Crippen molar-refractivity contribution >= 4 is 5.97 Å². The van der Waals surface area contributed by atoms with Gasteiger partial charge < -0.3 is 19.9 Å². The maximum Gasteiger partial charge on any atom is 0.320 e. The van der Waals surface area contributed by atoms with Crippen molar-refractivity contribution in [3.63, 3.8) is 0 Å². The number of nitrogens with one attached hydrogen (secondary N) is 1. The van der Waals surface area contributed by atoms with Crippen molar-refractivity contribution in [1.29, 1.82) is 0 Å². The molecule has 0 bridgehead atoms. The van der Waals surface area contributed by atoms with Crippen molar-refractivity contribution in [2.75, 3.05) is 13.7 Å². The van der Waals surface area contributed by atoms with Crippen LogP contribution in [0.5, 0.6) is 11.5 Å². The molecular formula is C17H27NO4. The van der Waals surface area contributed by atoms with Gasteiger partial charge in [0.1, 0.15) is 6.04 Å². The number of unbranched alkanes of at least 4 members (excludes halogenated alkanes) is 1. The first-order valence-electron chi connectivity index (χ1n) is 7.75. The number of rotatable bonds is 10. The summed E-state index contributed by atoms with van der Waals surface area (Å²) in [5.41, 5.74) is 0.964. The van der Waals surface area contributed by atoms with Crippen LogP contribution in [0.3, 0.4) is 0 Å². The molecule has 124 valence electrons. The second kappa shape index (κ2) is 9.30. The van der Waals surface area contributed by atoms with E-state index in [1.54, 1.807) is 7.11 Å². The van der Waals surface area contributed by atoms with Crippen LogP contribution in [0.15, 0.2) is 18.2 Å². The lowest BCUT2D eigenvalue weighted by Crippen LogP contribution is -2.40. The zero-order valence-corrected chi connectivity index (χ0v) is 13.9. The van der Waals surface area contributed by atoms with Crippen LogP contribution in [0.1, 0.15) is 39.2 Å². The molecule has 0 aliphatic carbocycles. The van der Waals surface area contributed by atoms with Crippen LogP contribution in [-0.4, -0.2) is 30.8 Å². The fourth-order valence-electron chi connectivity index (χ4n) is 2.10. The van der Waals surface area contributed by atoms with E-state index >= 15 is 0 Å². The van der Waals surface area contributed by atoms with Gasteiger partial charge in [0.15, 0.2) is 11.5 Å². The highest BCUT2D eigenvalue weighted by Gasteiger charge is 2.20. The Hall–Kier alpha value is -1.75. The number of hydrogen-bond acceptors (Lipinski definition) is 4. The fourth-order valence-corrected chi connectivity index (χ4v) is 2.10. The molecule has 1 aromatic rings. The zero-order chi connectivity index (χ0) is 16.5. The second-order valence-electron chi connectivity index (χ2n) is 5.63. The molecule has 1 rings (SSSR count). The van der Waals surface area contributed by atoms with Gasteiger partial charge in [0.25, 0.3) is 0 Å². The Morgan fingerprint density at radius 2 is 2.05 bits per heavy atom. The van der Waals surface area contributed by atoms with E-state index in [1.165, 1.54) is 0 Å². The molecule has 0 saturated carbocycles. The molecule has 1 aromatic carbocycles. The van der Waals surface area contributed by atoms with E-state index in [2.05, 4.69) is 12.2 Å². The summed E-state index contributed by atoms with van der Waals surface area (Å²) < 4.78 is 11.0. The predicted octanol–water partition coefficient (Wildman–Crippen LogP) is 3.07. The average molecular weight is 309 g/mol. The summed E-state index contributed by atoms with van der Waals surface area (Å²) in [5.74, 6) is 0.586. The third kappa shape index (κ3) is 5.56. The van der Waals surface area contributed by atoms with Crippen LogP contribution in [-0.2, 0) is 11.3 Å². The maximum atomic E-state index is 11.2. The average Bonchev–Trinajstić information content (AvgIpc) is 2.48. The van der Waals surface area contributed by atoms with Gasteiger partial charge in [-0.3, -0.25) is 4.79 Å². The molecular weight excluding hydrogens is 282 g/mol. The maximum absolute atomic E-state index is 11.2. The normalized spacial score (nSPS) is 12.2. The molecule has 0 saturated heterocycles. The summed E-state index contributed by atoms with van der Waals surface area (Å²) in [6.45, 7) is 7.02. The van der Waals surface area contributed by atoms with E-state index in [1.807, 2.05) is 32.0 Å². The molecule has 1 atom stereocenters. The Bertz CT molecular complexity index is 474. The van der Waals surface area contributed by atoms with Crippen LogP contribution >= 0.6 is 0 Å². The first-order valence-corrected chi connectivity index (χ1v) is 7.75. The Morgan fingerprint density at radius 1 is 1.32 bits per heavy atom. The van der Waals surface area contributed by atoms with Gasteiger partial charge in [-0.15, -0.1) is 0 Å². The van der Waals surface area contributed by atoms with Gasteiger partial charge in [-0.25, -0.2) is 0 Å². The number of hydrogen-bond donors (Lipinski definition) is 2. The van der Waals surface area contributed by atoms with Crippen molar-refractivity contribution < 1.29 is 19.4 Å². The van der Waals surface area contributed by atoms with Crippen LogP contribution in [0.25, 0.3) is 0 Å². The van der Waals surface area contributed by atoms with Gasteiger partial charge in [-0.1, -0.05) is 33.3 Å². The topological polar surface area (TPSA) is 67.8 Å². The van der Waals surface area contributed by atoms with Gasteiger partial charge in [-0.05, 0) is 30.0 Å². The summed E-state index contributed by atoms with van der Waals surface area (Å²) in [4.78, 5) is 11.2. The zero-order valence-electron chi connectivity index (χ0n) is 13.9. The van der Waals surface area contributed by atoms with Crippen molar-refractivity contribution in [3.05, 3.63) is 23.8 Å². The summed E-state index contributed by atoms with van der Waals surface area (Å²) in [5, 5.41) is 12.2. The molecule has 0 aliphatic heterocycles. The Morgan fingerprint density at radius 3 is 2.59 bits per heavy atom. The van der Waals surface area contributed by atoms with Crippen molar-refractivity contribution in [3.8, 4) is 11.5 Å². The van der Waals surface area contributed by atoms with E-state index in [4.69, 9.17) is 9.47 Å². The number of aliphatic carboxylic acids is 1. The smallest absolute Gasteiger partial charge is 0.320 e. The van der Waals surface area contributed by atoms with Gasteiger partial charge >= 0.3 is 5.97 Å². The molecule has 22 heavy (non-hydrogen) atoms. The SMILES string of the molecule is CCCCOc1ccc(CN[C@@H](C(=O)O)C(C)C)cc1OC. The second-order valence-corrected chi connectivity index (χ2v) is 5.63. The highest BCUT2D eigenvalue weighted by Crippen LogP contribution is 2.28. The minimum atomic E-state index is -0.832. The lowest BCUT2D eigenvalue weighted by atomic mass is 10.0. The van der Waals surface area contributed by atoms with E-state index in [-0.39, 0.29) is 5.92 Å². The highest BCUT2D eigenvalue weighted by molar-refractivity contribution is 5.73. The third-order valence-corrected chi connectivity index (χ3v) is 3.44. The third-order valence-electron chi connectivity index (χ3n) is 3.44. The van der Waals surface area contributed by atoms with E-state index in [9.17, 15) is 9.90 Å². The molecule has 0 radical (unpaired) electrons. The number of carbonyl (C=O) groups is 1. The summed E-state index contributed by atoms with van der Waals surface area (Å²) >= 11 is 0. The number of benzene rings is 1. The van der Waals surface area contributed by atoms with Crippen LogP contribution in [0, 0.1) is 5.92 Å². The first kappa shape index (κ1) is 18.3. The first-order chi connectivity index (χ1) is 10.5. The molecule has 5 nitrogen and oxygen atoms in total. The van der Waals surface area contributed by atoms with Crippen LogP contribution in [0.2, 0.25) is 0 Å². The Kier molecular flexibility index (Phi) is 7.74. The van der Waals surface area contributed by atoms with Crippen molar-refractivity contribution in [2.45, 2.75) is 46.2 Å². The minimum Gasteiger partial charge on any atom is -0.493 e. The van der Waals surface area contributed by atoms with E-state index < -0.39 is 12.0 Å². The summed E-state index contributed by atoms with van der Waals surface area (Å²) in [6.07, 6.45) is 2.08. The molecule has 0 amide bonds. The molecule has 0 fully saturated rings. The number of carboxylic acids is 1. The van der Waals surface area contributed by atoms with Crippen molar-refractivity contribution in [2.24, 2.45) is 5.92 Å². The lowest BCUT2D eigenvalue weighted by Gasteiger charge is -2.18. The van der Waals surface area contributed by atoms with E-state index in [0.29, 0.717) is 18.9 Å². The fraction of sp³-hybridized carbons (Fsp3) is 0.588. The predicted molar refractivity (Wildman–Crippen MR) is 86.5 cm³/mol.